The van der Waals surface area contributed by atoms with E-state index in [0.29, 0.717) is 24.2 Å². The Morgan fingerprint density at radius 3 is 2.57 bits per heavy atom. The van der Waals surface area contributed by atoms with Crippen molar-refractivity contribution < 1.29 is 14.3 Å². The van der Waals surface area contributed by atoms with Crippen LogP contribution in [0.3, 0.4) is 0 Å². The van der Waals surface area contributed by atoms with Crippen LogP contribution in [0.15, 0.2) is 42.6 Å². The van der Waals surface area contributed by atoms with Gasteiger partial charge in [-0.15, -0.1) is 0 Å². The molecule has 1 amide bonds. The molecule has 2 rings (SSSR count). The zero-order valence-corrected chi connectivity index (χ0v) is 11.8. The number of aromatic nitrogens is 1. The number of halogens is 1. The van der Waals surface area contributed by atoms with Crippen molar-refractivity contribution in [3.8, 4) is 11.3 Å². The van der Waals surface area contributed by atoms with Gasteiger partial charge in [0.15, 0.2) is 0 Å². The summed E-state index contributed by atoms with van der Waals surface area (Å²) in [6.45, 7) is 2.60. The van der Waals surface area contributed by atoms with Gasteiger partial charge in [0.2, 0.25) is 0 Å². The van der Waals surface area contributed by atoms with Gasteiger partial charge in [-0.25, -0.2) is 4.39 Å². The standard InChI is InChI=1S/C16H17FN2O2/c1-2-19(10-11-20)16(21)13-7-5-12(6-8-13)15-14(17)4-3-9-18-15/h3-9,20H,2,10-11H2,1H3. The summed E-state index contributed by atoms with van der Waals surface area (Å²) < 4.78 is 13.7. The van der Waals surface area contributed by atoms with Crippen molar-refractivity contribution in [1.82, 2.24) is 9.88 Å². The number of pyridine rings is 1. The third-order valence-electron chi connectivity index (χ3n) is 3.20. The molecule has 1 N–H and O–H groups in total. The smallest absolute Gasteiger partial charge is 0.253 e. The van der Waals surface area contributed by atoms with E-state index in [0.717, 1.165) is 0 Å². The van der Waals surface area contributed by atoms with E-state index in [1.54, 1.807) is 29.2 Å². The fourth-order valence-electron chi connectivity index (χ4n) is 2.08. The first-order chi connectivity index (χ1) is 10.2. The maximum Gasteiger partial charge on any atom is 0.253 e. The third-order valence-corrected chi connectivity index (χ3v) is 3.20. The van der Waals surface area contributed by atoms with Gasteiger partial charge in [0.1, 0.15) is 11.5 Å². The van der Waals surface area contributed by atoms with Crippen LogP contribution >= 0.6 is 0 Å². The minimum Gasteiger partial charge on any atom is -0.395 e. The molecular formula is C16H17FN2O2. The van der Waals surface area contributed by atoms with E-state index in [1.807, 2.05) is 6.92 Å². The van der Waals surface area contributed by atoms with E-state index in [9.17, 15) is 9.18 Å². The maximum absolute atomic E-state index is 13.7. The molecule has 0 unspecified atom stereocenters. The monoisotopic (exact) mass is 288 g/mol. The van der Waals surface area contributed by atoms with Crippen molar-refractivity contribution in [2.45, 2.75) is 6.92 Å². The Morgan fingerprint density at radius 2 is 2.00 bits per heavy atom. The molecular weight excluding hydrogens is 271 g/mol. The van der Waals surface area contributed by atoms with Crippen molar-refractivity contribution in [3.05, 3.63) is 54.0 Å². The number of likely N-dealkylation sites (N-methyl/N-ethyl adjacent to an activating group) is 1. The van der Waals surface area contributed by atoms with E-state index in [1.165, 1.54) is 18.3 Å². The molecule has 0 aliphatic carbocycles. The van der Waals surface area contributed by atoms with Crippen LogP contribution in [0.5, 0.6) is 0 Å². The average molecular weight is 288 g/mol. The van der Waals surface area contributed by atoms with Gasteiger partial charge in [0.05, 0.1) is 6.61 Å². The van der Waals surface area contributed by atoms with E-state index < -0.39 is 5.82 Å². The van der Waals surface area contributed by atoms with E-state index in [-0.39, 0.29) is 18.2 Å². The van der Waals surface area contributed by atoms with Gasteiger partial charge in [0.25, 0.3) is 5.91 Å². The molecule has 0 radical (unpaired) electrons. The third kappa shape index (κ3) is 3.44. The van der Waals surface area contributed by atoms with Crippen LogP contribution in [0.1, 0.15) is 17.3 Å². The lowest BCUT2D eigenvalue weighted by atomic mass is 10.1. The summed E-state index contributed by atoms with van der Waals surface area (Å²) in [6, 6.07) is 9.51. The number of nitrogens with zero attached hydrogens (tertiary/aromatic N) is 2. The van der Waals surface area contributed by atoms with Crippen molar-refractivity contribution in [1.29, 1.82) is 0 Å². The van der Waals surface area contributed by atoms with Crippen LogP contribution < -0.4 is 0 Å². The summed E-state index contributed by atoms with van der Waals surface area (Å²) in [5, 5.41) is 8.94. The minimum absolute atomic E-state index is 0.0726. The highest BCUT2D eigenvalue weighted by atomic mass is 19.1. The number of aliphatic hydroxyl groups excluding tert-OH is 1. The highest BCUT2D eigenvalue weighted by Gasteiger charge is 2.14. The Kier molecular flexibility index (Phi) is 5.00. The Morgan fingerprint density at radius 1 is 1.29 bits per heavy atom. The van der Waals surface area contributed by atoms with Crippen LogP contribution in [0.2, 0.25) is 0 Å². The average Bonchev–Trinajstić information content (AvgIpc) is 2.52. The van der Waals surface area contributed by atoms with Gasteiger partial charge in [-0.05, 0) is 31.2 Å². The Labute approximate surface area is 122 Å². The summed E-state index contributed by atoms with van der Waals surface area (Å²) in [7, 11) is 0. The minimum atomic E-state index is -0.396. The quantitative estimate of drug-likeness (QED) is 0.918. The molecule has 0 spiro atoms. The number of rotatable bonds is 5. The van der Waals surface area contributed by atoms with Gasteiger partial charge < -0.3 is 10.0 Å². The van der Waals surface area contributed by atoms with Crippen LogP contribution in [0, 0.1) is 5.82 Å². The van der Waals surface area contributed by atoms with Gasteiger partial charge in [-0.1, -0.05) is 12.1 Å². The molecule has 0 saturated carbocycles. The second-order valence-electron chi connectivity index (χ2n) is 4.52. The lowest BCUT2D eigenvalue weighted by Gasteiger charge is -2.19. The maximum atomic E-state index is 13.7. The van der Waals surface area contributed by atoms with Gasteiger partial charge in [-0.2, -0.15) is 0 Å². The van der Waals surface area contributed by atoms with E-state index >= 15 is 0 Å². The zero-order chi connectivity index (χ0) is 15.2. The molecule has 110 valence electrons. The van der Waals surface area contributed by atoms with Crippen LogP contribution in [-0.2, 0) is 0 Å². The van der Waals surface area contributed by atoms with Crippen molar-refractivity contribution >= 4 is 5.91 Å². The predicted molar refractivity (Wildman–Crippen MR) is 78.3 cm³/mol. The topological polar surface area (TPSA) is 53.4 Å². The largest absolute Gasteiger partial charge is 0.395 e. The number of benzene rings is 1. The Bertz CT molecular complexity index is 614. The number of hydrogen-bond acceptors (Lipinski definition) is 3. The summed E-state index contributed by atoms with van der Waals surface area (Å²) in [5.74, 6) is -0.549. The molecule has 21 heavy (non-hydrogen) atoms. The van der Waals surface area contributed by atoms with E-state index in [2.05, 4.69) is 4.98 Å². The van der Waals surface area contributed by atoms with E-state index in [4.69, 9.17) is 5.11 Å². The lowest BCUT2D eigenvalue weighted by Crippen LogP contribution is -2.33. The molecule has 0 saturated heterocycles. The van der Waals surface area contributed by atoms with Gasteiger partial charge in [0, 0.05) is 30.4 Å². The molecule has 0 bridgehead atoms. The first-order valence-corrected chi connectivity index (χ1v) is 6.78. The number of amides is 1. The molecule has 1 aromatic heterocycles. The molecule has 0 aliphatic heterocycles. The Balaban J connectivity index is 2.23. The molecule has 0 atom stereocenters. The summed E-state index contributed by atoms with van der Waals surface area (Å²) >= 11 is 0. The second-order valence-corrected chi connectivity index (χ2v) is 4.52. The molecule has 1 heterocycles. The van der Waals surface area contributed by atoms with Gasteiger partial charge >= 0.3 is 0 Å². The van der Waals surface area contributed by atoms with Crippen molar-refractivity contribution in [3.63, 3.8) is 0 Å². The molecule has 5 heteroatoms. The molecule has 1 aromatic carbocycles. The van der Waals surface area contributed by atoms with Crippen LogP contribution in [0.4, 0.5) is 4.39 Å². The summed E-state index contributed by atoms with van der Waals surface area (Å²) in [6.07, 6.45) is 1.53. The number of carbonyl (C=O) groups is 1. The fraction of sp³-hybridized carbons (Fsp3) is 0.250. The summed E-state index contributed by atoms with van der Waals surface area (Å²) in [4.78, 5) is 17.8. The lowest BCUT2D eigenvalue weighted by molar-refractivity contribution is 0.0732. The van der Waals surface area contributed by atoms with Crippen LogP contribution in [0.25, 0.3) is 11.3 Å². The Hall–Kier alpha value is -2.27. The summed E-state index contributed by atoms with van der Waals surface area (Å²) in [5.41, 5.74) is 1.39. The molecule has 0 fully saturated rings. The predicted octanol–water partition coefficient (Wildman–Crippen LogP) is 2.34. The number of carbonyl (C=O) groups excluding carboxylic acids is 1. The number of hydrogen-bond donors (Lipinski definition) is 1. The first-order valence-electron chi connectivity index (χ1n) is 6.78. The van der Waals surface area contributed by atoms with Crippen molar-refractivity contribution in [2.75, 3.05) is 19.7 Å². The fourth-order valence-corrected chi connectivity index (χ4v) is 2.08. The highest BCUT2D eigenvalue weighted by molar-refractivity contribution is 5.94. The highest BCUT2D eigenvalue weighted by Crippen LogP contribution is 2.20. The second kappa shape index (κ2) is 6.95. The molecule has 4 nitrogen and oxygen atoms in total. The number of aliphatic hydroxyl groups is 1. The first kappa shape index (κ1) is 15.1. The van der Waals surface area contributed by atoms with Gasteiger partial charge in [-0.3, -0.25) is 9.78 Å². The van der Waals surface area contributed by atoms with Crippen LogP contribution in [-0.4, -0.2) is 40.6 Å². The molecule has 0 aliphatic rings. The zero-order valence-electron chi connectivity index (χ0n) is 11.8. The normalized spacial score (nSPS) is 10.4. The SMILES string of the molecule is CCN(CCO)C(=O)c1ccc(-c2ncccc2F)cc1. The van der Waals surface area contributed by atoms with Crippen molar-refractivity contribution in [2.24, 2.45) is 0 Å². The molecule has 2 aromatic rings.